The molecule has 29 heavy (non-hydrogen) atoms. The van der Waals surface area contributed by atoms with Gasteiger partial charge in [0.05, 0.1) is 29.6 Å². The highest BCUT2D eigenvalue weighted by molar-refractivity contribution is 7.89. The third-order valence-corrected chi connectivity index (χ3v) is 5.51. The Kier molecular flexibility index (Phi) is 7.70. The highest BCUT2D eigenvalue weighted by Gasteiger charge is 2.24. The fourth-order valence-corrected chi connectivity index (χ4v) is 3.72. The fourth-order valence-electron chi connectivity index (χ4n) is 2.65. The van der Waals surface area contributed by atoms with E-state index in [9.17, 15) is 17.6 Å². The van der Waals surface area contributed by atoms with Gasteiger partial charge in [-0.25, -0.2) is 17.5 Å². The van der Waals surface area contributed by atoms with Crippen LogP contribution in [0.4, 0.5) is 10.1 Å². The Morgan fingerprint density at radius 3 is 2.48 bits per heavy atom. The third kappa shape index (κ3) is 5.53. The second-order valence-corrected chi connectivity index (χ2v) is 7.70. The van der Waals surface area contributed by atoms with Gasteiger partial charge >= 0.3 is 0 Å². The van der Waals surface area contributed by atoms with Crippen LogP contribution in [0.15, 0.2) is 47.4 Å². The first-order valence-electron chi connectivity index (χ1n) is 9.05. The van der Waals surface area contributed by atoms with Gasteiger partial charge < -0.3 is 9.64 Å². The molecule has 9 heteroatoms. The van der Waals surface area contributed by atoms with Gasteiger partial charge in [0, 0.05) is 18.8 Å². The Balaban J connectivity index is 2.44. The smallest absolute Gasteiger partial charge is 0.261 e. The van der Waals surface area contributed by atoms with Gasteiger partial charge in [-0.3, -0.25) is 4.79 Å². The summed E-state index contributed by atoms with van der Waals surface area (Å²) in [5, 5.41) is 8.92. The number of hydrogen-bond acceptors (Lipinski definition) is 5. The van der Waals surface area contributed by atoms with Crippen LogP contribution in [-0.4, -0.2) is 34.0 Å². The maximum absolute atomic E-state index is 14.4. The zero-order chi connectivity index (χ0) is 21.4. The van der Waals surface area contributed by atoms with Crippen LogP contribution in [-0.2, 0) is 10.0 Å². The van der Waals surface area contributed by atoms with Gasteiger partial charge in [0.2, 0.25) is 10.0 Å². The lowest BCUT2D eigenvalue weighted by Gasteiger charge is -2.22. The Morgan fingerprint density at radius 2 is 1.90 bits per heavy atom. The van der Waals surface area contributed by atoms with Crippen molar-refractivity contribution in [3.05, 3.63) is 53.8 Å². The van der Waals surface area contributed by atoms with Gasteiger partial charge in [-0.2, -0.15) is 5.26 Å². The van der Waals surface area contributed by atoms with Gasteiger partial charge in [0.1, 0.15) is 11.6 Å². The molecule has 154 valence electrons. The van der Waals surface area contributed by atoms with Crippen molar-refractivity contribution in [2.24, 2.45) is 0 Å². The molecule has 0 unspecified atom stereocenters. The lowest BCUT2D eigenvalue weighted by molar-refractivity contribution is 0.0983. The van der Waals surface area contributed by atoms with Crippen LogP contribution in [0.1, 0.15) is 30.6 Å². The van der Waals surface area contributed by atoms with Crippen molar-refractivity contribution in [1.29, 1.82) is 5.26 Å². The summed E-state index contributed by atoms with van der Waals surface area (Å²) in [6.07, 6.45) is 0.0238. The van der Waals surface area contributed by atoms with Crippen molar-refractivity contribution >= 4 is 21.6 Å². The van der Waals surface area contributed by atoms with Crippen LogP contribution < -0.4 is 14.4 Å². The molecule has 2 rings (SSSR count). The number of anilines is 1. The van der Waals surface area contributed by atoms with Gasteiger partial charge in [-0.1, -0.05) is 6.92 Å². The van der Waals surface area contributed by atoms with E-state index >= 15 is 0 Å². The number of amides is 1. The second kappa shape index (κ2) is 10.0. The van der Waals surface area contributed by atoms with E-state index in [0.29, 0.717) is 18.0 Å². The minimum absolute atomic E-state index is 0.0208. The van der Waals surface area contributed by atoms with Gasteiger partial charge in [0.15, 0.2) is 0 Å². The number of nitrogens with one attached hydrogen (secondary N) is 1. The van der Waals surface area contributed by atoms with Gasteiger partial charge in [-0.15, -0.1) is 0 Å². The van der Waals surface area contributed by atoms with Crippen LogP contribution >= 0.6 is 0 Å². The lowest BCUT2D eigenvalue weighted by atomic mass is 10.1. The summed E-state index contributed by atoms with van der Waals surface area (Å²) in [4.78, 5) is 14.1. The topological polar surface area (TPSA) is 99.5 Å². The standard InChI is InChI=1S/C20H22FN3O4S/c1-3-23-29(26,27)17-10-11-19(21)18(14-17)20(25)24(13-5-12-22)15-6-8-16(9-7-15)28-4-2/h6-11,14,23H,3-5,13H2,1-2H3. The molecule has 0 bridgehead atoms. The Hall–Kier alpha value is -2.96. The minimum atomic E-state index is -3.86. The molecule has 0 aromatic heterocycles. The first-order valence-corrected chi connectivity index (χ1v) is 10.5. The Bertz CT molecular complexity index is 1000. The number of sulfonamides is 1. The Morgan fingerprint density at radius 1 is 1.21 bits per heavy atom. The molecule has 0 heterocycles. The minimum Gasteiger partial charge on any atom is -0.494 e. The molecule has 1 amide bonds. The number of hydrogen-bond donors (Lipinski definition) is 1. The molecule has 0 spiro atoms. The third-order valence-electron chi connectivity index (χ3n) is 3.96. The number of nitrogens with zero attached hydrogens (tertiary/aromatic N) is 2. The van der Waals surface area contributed by atoms with E-state index in [4.69, 9.17) is 10.00 Å². The zero-order valence-electron chi connectivity index (χ0n) is 16.2. The average Bonchev–Trinajstić information content (AvgIpc) is 2.69. The predicted octanol–water partition coefficient (Wildman–Crippen LogP) is 3.08. The van der Waals surface area contributed by atoms with E-state index in [2.05, 4.69) is 4.72 Å². The number of halogens is 1. The van der Waals surface area contributed by atoms with E-state index in [1.165, 1.54) is 4.90 Å². The molecule has 0 aliphatic rings. The average molecular weight is 419 g/mol. The molecule has 2 aromatic carbocycles. The molecular formula is C20H22FN3O4S. The number of nitriles is 1. The van der Waals surface area contributed by atoms with E-state index in [1.807, 2.05) is 13.0 Å². The Labute approximate surface area is 169 Å². The number of carbonyl (C=O) groups is 1. The number of benzene rings is 2. The summed E-state index contributed by atoms with van der Waals surface area (Å²) >= 11 is 0. The maximum atomic E-state index is 14.4. The molecule has 7 nitrogen and oxygen atoms in total. The fraction of sp³-hybridized carbons (Fsp3) is 0.300. The van der Waals surface area contributed by atoms with Gasteiger partial charge in [0.25, 0.3) is 5.91 Å². The van der Waals surface area contributed by atoms with Crippen molar-refractivity contribution in [2.45, 2.75) is 25.2 Å². The first kappa shape index (κ1) is 22.3. The van der Waals surface area contributed by atoms with Crippen LogP contribution in [0.25, 0.3) is 0 Å². The van der Waals surface area contributed by atoms with Crippen molar-refractivity contribution < 1.29 is 22.3 Å². The van der Waals surface area contributed by atoms with Crippen LogP contribution in [0.5, 0.6) is 5.75 Å². The molecule has 0 radical (unpaired) electrons. The molecule has 0 fully saturated rings. The maximum Gasteiger partial charge on any atom is 0.261 e. The number of rotatable bonds is 9. The van der Waals surface area contributed by atoms with Crippen molar-refractivity contribution in [1.82, 2.24) is 4.72 Å². The van der Waals surface area contributed by atoms with E-state index in [-0.39, 0.29) is 24.4 Å². The number of ether oxygens (including phenoxy) is 1. The molecule has 0 saturated heterocycles. The summed E-state index contributed by atoms with van der Waals surface area (Å²) in [7, 11) is -3.86. The quantitative estimate of drug-likeness (QED) is 0.673. The van der Waals surface area contributed by atoms with E-state index in [1.54, 1.807) is 31.2 Å². The molecule has 2 aromatic rings. The van der Waals surface area contributed by atoms with Gasteiger partial charge in [-0.05, 0) is 49.4 Å². The summed E-state index contributed by atoms with van der Waals surface area (Å²) in [6, 6.07) is 11.6. The van der Waals surface area contributed by atoms with E-state index < -0.39 is 27.3 Å². The summed E-state index contributed by atoms with van der Waals surface area (Å²) in [5.41, 5.74) is 0.0452. The van der Waals surface area contributed by atoms with E-state index in [0.717, 1.165) is 18.2 Å². The highest BCUT2D eigenvalue weighted by Crippen LogP contribution is 2.24. The van der Waals surface area contributed by atoms with Crippen LogP contribution in [0.3, 0.4) is 0 Å². The number of carbonyl (C=O) groups excluding carboxylic acids is 1. The SMILES string of the molecule is CCNS(=O)(=O)c1ccc(F)c(C(=O)N(CCC#N)c2ccc(OCC)cc2)c1. The largest absolute Gasteiger partial charge is 0.494 e. The van der Waals surface area contributed by atoms with Crippen molar-refractivity contribution in [2.75, 3.05) is 24.6 Å². The first-order chi connectivity index (χ1) is 13.8. The van der Waals surface area contributed by atoms with Crippen LogP contribution in [0.2, 0.25) is 0 Å². The predicted molar refractivity (Wildman–Crippen MR) is 107 cm³/mol. The molecule has 1 N–H and O–H groups in total. The summed E-state index contributed by atoms with van der Waals surface area (Å²) < 4.78 is 46.5. The zero-order valence-corrected chi connectivity index (χ0v) is 17.0. The summed E-state index contributed by atoms with van der Waals surface area (Å²) in [5.74, 6) is -0.984. The molecule has 0 aliphatic carbocycles. The normalized spacial score (nSPS) is 11.0. The van der Waals surface area contributed by atoms with Crippen molar-refractivity contribution in [3.8, 4) is 11.8 Å². The van der Waals surface area contributed by atoms with Crippen molar-refractivity contribution in [3.63, 3.8) is 0 Å². The second-order valence-electron chi connectivity index (χ2n) is 5.93. The lowest BCUT2D eigenvalue weighted by Crippen LogP contribution is -2.33. The highest BCUT2D eigenvalue weighted by atomic mass is 32.2. The molecule has 0 atom stereocenters. The molecule has 0 aliphatic heterocycles. The summed E-state index contributed by atoms with van der Waals surface area (Å²) in [6.45, 7) is 4.11. The monoisotopic (exact) mass is 419 g/mol. The molecule has 0 saturated carbocycles. The molecular weight excluding hydrogens is 397 g/mol. The van der Waals surface area contributed by atoms with Crippen LogP contribution in [0, 0.1) is 17.1 Å².